The number of hydrogen-bond donors (Lipinski definition) is 0. The fraction of sp³-hybridized carbons (Fsp3) is 0.632. The molecular formula is C19H24N2O4S2. The van der Waals surface area contributed by atoms with Crippen molar-refractivity contribution >= 4 is 39.3 Å². The van der Waals surface area contributed by atoms with Crippen molar-refractivity contribution in [3.8, 4) is 0 Å². The summed E-state index contributed by atoms with van der Waals surface area (Å²) in [6.07, 6.45) is 4.96. The summed E-state index contributed by atoms with van der Waals surface area (Å²) in [5.74, 6) is -0.145. The number of carbonyl (C=O) groups is 1. The molecule has 6 nitrogen and oxygen atoms in total. The lowest BCUT2D eigenvalue weighted by molar-refractivity contribution is -0.144. The summed E-state index contributed by atoms with van der Waals surface area (Å²) in [7, 11) is 0. The van der Waals surface area contributed by atoms with Crippen LogP contribution in [0.3, 0.4) is 0 Å². The quantitative estimate of drug-likeness (QED) is 0.415. The molecule has 1 aliphatic heterocycles. The molecule has 2 aromatic heterocycles. The summed E-state index contributed by atoms with van der Waals surface area (Å²) < 4.78 is 12.7. The van der Waals surface area contributed by atoms with Crippen LogP contribution in [0.5, 0.6) is 0 Å². The summed E-state index contributed by atoms with van der Waals surface area (Å²) in [6, 6.07) is 0. The highest BCUT2D eigenvalue weighted by Gasteiger charge is 2.26. The van der Waals surface area contributed by atoms with Crippen molar-refractivity contribution in [3.05, 3.63) is 20.8 Å². The lowest BCUT2D eigenvalue weighted by atomic mass is 10.2. The number of ether oxygens (including phenoxy) is 2. The van der Waals surface area contributed by atoms with Gasteiger partial charge in [-0.2, -0.15) is 0 Å². The van der Waals surface area contributed by atoms with Crippen LogP contribution in [0.25, 0.3) is 10.2 Å². The smallest absolute Gasteiger partial charge is 0.316 e. The predicted molar refractivity (Wildman–Crippen MR) is 107 cm³/mol. The maximum absolute atomic E-state index is 13.3. The first-order valence-corrected chi connectivity index (χ1v) is 11.3. The van der Waals surface area contributed by atoms with Crippen LogP contribution in [-0.2, 0) is 33.7 Å². The van der Waals surface area contributed by atoms with E-state index in [1.165, 1.54) is 22.2 Å². The SMILES string of the molecule is CC(C)OC(=O)CSc1nc2sc3c(c2c(=O)n1C[C@H]1CCCO1)CCC3. The summed E-state index contributed by atoms with van der Waals surface area (Å²) in [5.41, 5.74) is 1.19. The fourth-order valence-electron chi connectivity index (χ4n) is 3.74. The first-order chi connectivity index (χ1) is 13.0. The van der Waals surface area contributed by atoms with Gasteiger partial charge in [0.15, 0.2) is 5.16 Å². The third-order valence-corrected chi connectivity index (χ3v) is 7.02. The number of fused-ring (bicyclic) bond motifs is 3. The van der Waals surface area contributed by atoms with Crippen LogP contribution in [0.15, 0.2) is 9.95 Å². The van der Waals surface area contributed by atoms with Gasteiger partial charge in [0.1, 0.15) is 4.83 Å². The molecule has 2 aliphatic rings. The highest BCUT2D eigenvalue weighted by atomic mass is 32.2. The van der Waals surface area contributed by atoms with Gasteiger partial charge in [-0.05, 0) is 51.5 Å². The van der Waals surface area contributed by atoms with Crippen molar-refractivity contribution in [1.82, 2.24) is 9.55 Å². The molecule has 1 aliphatic carbocycles. The molecule has 0 amide bonds. The third-order valence-electron chi connectivity index (χ3n) is 4.89. The average Bonchev–Trinajstić information content (AvgIpc) is 3.32. The molecule has 1 atom stereocenters. The predicted octanol–water partition coefficient (Wildman–Crippen LogP) is 3.17. The van der Waals surface area contributed by atoms with Crippen LogP contribution in [-0.4, -0.2) is 40.1 Å². The Kier molecular flexibility index (Phi) is 5.57. The van der Waals surface area contributed by atoms with Gasteiger partial charge in [-0.15, -0.1) is 11.3 Å². The molecule has 0 bridgehead atoms. The highest BCUT2D eigenvalue weighted by molar-refractivity contribution is 7.99. The van der Waals surface area contributed by atoms with Crippen molar-refractivity contribution in [2.45, 2.75) is 69.9 Å². The van der Waals surface area contributed by atoms with E-state index in [9.17, 15) is 9.59 Å². The zero-order valence-corrected chi connectivity index (χ0v) is 17.3. The number of aryl methyl sites for hydroxylation is 2. The highest BCUT2D eigenvalue weighted by Crippen LogP contribution is 2.35. The van der Waals surface area contributed by atoms with E-state index in [0.29, 0.717) is 11.7 Å². The van der Waals surface area contributed by atoms with E-state index in [1.54, 1.807) is 15.9 Å². The molecule has 3 heterocycles. The molecule has 0 spiro atoms. The molecular weight excluding hydrogens is 384 g/mol. The van der Waals surface area contributed by atoms with Gasteiger partial charge in [-0.1, -0.05) is 11.8 Å². The van der Waals surface area contributed by atoms with Gasteiger partial charge in [0, 0.05) is 11.5 Å². The zero-order chi connectivity index (χ0) is 19.0. The Balaban J connectivity index is 1.69. The van der Waals surface area contributed by atoms with Crippen LogP contribution < -0.4 is 5.56 Å². The van der Waals surface area contributed by atoms with Gasteiger partial charge in [0.05, 0.1) is 29.9 Å². The number of rotatable bonds is 6. The van der Waals surface area contributed by atoms with Gasteiger partial charge in [-0.25, -0.2) is 4.98 Å². The monoisotopic (exact) mass is 408 g/mol. The Morgan fingerprint density at radius 1 is 1.41 bits per heavy atom. The maximum Gasteiger partial charge on any atom is 0.316 e. The van der Waals surface area contributed by atoms with Crippen molar-refractivity contribution in [2.75, 3.05) is 12.4 Å². The second kappa shape index (κ2) is 7.93. The molecule has 0 saturated carbocycles. The number of aromatic nitrogens is 2. The third kappa shape index (κ3) is 3.93. The standard InChI is InChI=1S/C19H24N2O4S2/c1-11(2)25-15(22)10-26-19-20-17-16(13-6-3-7-14(13)27-17)18(23)21(19)9-12-5-4-8-24-12/h11-12H,3-10H2,1-2H3/t12-/m1/s1. The lowest BCUT2D eigenvalue weighted by Crippen LogP contribution is -2.29. The van der Waals surface area contributed by atoms with Crippen LogP contribution in [0.1, 0.15) is 43.6 Å². The van der Waals surface area contributed by atoms with E-state index in [-0.39, 0.29) is 29.5 Å². The normalized spacial score (nSPS) is 19.1. The molecule has 0 N–H and O–H groups in total. The van der Waals surface area contributed by atoms with Gasteiger partial charge in [0.2, 0.25) is 0 Å². The van der Waals surface area contributed by atoms with Gasteiger partial charge < -0.3 is 9.47 Å². The number of hydrogen-bond acceptors (Lipinski definition) is 7. The van der Waals surface area contributed by atoms with Crippen molar-refractivity contribution < 1.29 is 14.3 Å². The van der Waals surface area contributed by atoms with Crippen LogP contribution >= 0.6 is 23.1 Å². The summed E-state index contributed by atoms with van der Waals surface area (Å²) in [4.78, 5) is 32.2. The first-order valence-electron chi connectivity index (χ1n) is 9.52. The van der Waals surface area contributed by atoms with E-state index in [0.717, 1.165) is 48.9 Å². The van der Waals surface area contributed by atoms with E-state index >= 15 is 0 Å². The molecule has 2 aromatic rings. The Labute approximate surface area is 166 Å². The zero-order valence-electron chi connectivity index (χ0n) is 15.7. The summed E-state index contributed by atoms with van der Waals surface area (Å²) in [5, 5.41) is 1.36. The van der Waals surface area contributed by atoms with E-state index in [4.69, 9.17) is 14.5 Å². The Morgan fingerprint density at radius 2 is 2.26 bits per heavy atom. The molecule has 8 heteroatoms. The average molecular weight is 409 g/mol. The van der Waals surface area contributed by atoms with E-state index in [2.05, 4.69) is 0 Å². The minimum absolute atomic E-state index is 0.00891. The Hall–Kier alpha value is -1.38. The Bertz CT molecular complexity index is 913. The minimum Gasteiger partial charge on any atom is -0.462 e. The lowest BCUT2D eigenvalue weighted by Gasteiger charge is -2.16. The molecule has 1 saturated heterocycles. The number of thioether (sulfide) groups is 1. The largest absolute Gasteiger partial charge is 0.462 e. The molecule has 1 fully saturated rings. The maximum atomic E-state index is 13.3. The van der Waals surface area contributed by atoms with E-state index in [1.807, 2.05) is 13.8 Å². The van der Waals surface area contributed by atoms with Crippen molar-refractivity contribution in [1.29, 1.82) is 0 Å². The Morgan fingerprint density at radius 3 is 3.00 bits per heavy atom. The molecule has 4 rings (SSSR count). The molecule has 27 heavy (non-hydrogen) atoms. The molecule has 0 radical (unpaired) electrons. The molecule has 0 aromatic carbocycles. The summed E-state index contributed by atoms with van der Waals surface area (Å²) >= 11 is 2.90. The number of carbonyl (C=O) groups excluding carboxylic acids is 1. The number of thiophene rings is 1. The van der Waals surface area contributed by atoms with Gasteiger partial charge in [0.25, 0.3) is 5.56 Å². The van der Waals surface area contributed by atoms with Gasteiger partial charge >= 0.3 is 5.97 Å². The van der Waals surface area contributed by atoms with Gasteiger partial charge in [-0.3, -0.25) is 14.2 Å². The van der Waals surface area contributed by atoms with E-state index < -0.39 is 0 Å². The summed E-state index contributed by atoms with van der Waals surface area (Å²) in [6.45, 7) is 4.89. The molecule has 0 unspecified atom stereocenters. The van der Waals surface area contributed by atoms with Crippen molar-refractivity contribution in [2.24, 2.45) is 0 Å². The number of nitrogens with zero attached hydrogens (tertiary/aromatic N) is 2. The minimum atomic E-state index is -0.290. The van der Waals surface area contributed by atoms with Crippen molar-refractivity contribution in [3.63, 3.8) is 0 Å². The van der Waals surface area contributed by atoms with Crippen LogP contribution in [0, 0.1) is 0 Å². The fourth-order valence-corrected chi connectivity index (χ4v) is 5.84. The molecule has 146 valence electrons. The second-order valence-corrected chi connectivity index (χ2v) is 9.34. The van der Waals surface area contributed by atoms with Crippen LogP contribution in [0.4, 0.5) is 0 Å². The number of esters is 1. The second-order valence-electron chi connectivity index (χ2n) is 7.31. The topological polar surface area (TPSA) is 70.4 Å². The van der Waals surface area contributed by atoms with Crippen LogP contribution in [0.2, 0.25) is 0 Å². The first kappa shape index (κ1) is 19.0.